The van der Waals surface area contributed by atoms with Crippen LogP contribution in [-0.4, -0.2) is 42.7 Å². The van der Waals surface area contributed by atoms with Crippen LogP contribution in [0.2, 0.25) is 0 Å². The third-order valence-corrected chi connectivity index (χ3v) is 6.86. The van der Waals surface area contributed by atoms with Crippen LogP contribution in [0.15, 0.2) is 59.5 Å². The van der Waals surface area contributed by atoms with Gasteiger partial charge in [0.15, 0.2) is 0 Å². The Morgan fingerprint density at radius 2 is 1.67 bits per heavy atom. The third-order valence-electron chi connectivity index (χ3n) is 5.81. The van der Waals surface area contributed by atoms with E-state index in [0.717, 1.165) is 24.4 Å². The van der Waals surface area contributed by atoms with Gasteiger partial charge in [-0.25, -0.2) is 0 Å². The highest BCUT2D eigenvalue weighted by Crippen LogP contribution is 2.34. The Hall–Kier alpha value is -2.92. The molecule has 0 spiro atoms. The first-order valence-electron chi connectivity index (χ1n) is 12.9. The molecule has 3 rings (SSSR count). The molecule has 1 amide bonds. The van der Waals surface area contributed by atoms with Gasteiger partial charge in [0.25, 0.3) is 0 Å². The maximum atomic E-state index is 12.7. The molecule has 1 N–H and O–H groups in total. The van der Waals surface area contributed by atoms with Gasteiger partial charge in [-0.05, 0) is 73.2 Å². The van der Waals surface area contributed by atoms with Gasteiger partial charge in [0, 0.05) is 23.4 Å². The van der Waals surface area contributed by atoms with E-state index >= 15 is 0 Å². The first-order valence-corrected chi connectivity index (χ1v) is 13.9. The monoisotopic (exact) mass is 498 g/mol. The third kappa shape index (κ3) is 8.94. The highest BCUT2D eigenvalue weighted by Gasteiger charge is 2.10. The summed E-state index contributed by atoms with van der Waals surface area (Å²) in [5.74, 6) is 12.8. The number of hydrogen-bond donors (Lipinski definition) is 1. The lowest BCUT2D eigenvalue weighted by Gasteiger charge is -2.19. The molecule has 0 bridgehead atoms. The Balaban J connectivity index is 1.54. The van der Waals surface area contributed by atoms with Crippen molar-refractivity contribution >= 4 is 39.2 Å². The van der Waals surface area contributed by atoms with Crippen molar-refractivity contribution in [2.45, 2.75) is 51.9 Å². The van der Waals surface area contributed by atoms with Crippen molar-refractivity contribution in [2.24, 2.45) is 5.41 Å². The van der Waals surface area contributed by atoms with Crippen LogP contribution in [0.25, 0.3) is 21.5 Å². The Kier molecular flexibility index (Phi) is 10.7. The van der Waals surface area contributed by atoms with E-state index < -0.39 is 0 Å². The summed E-state index contributed by atoms with van der Waals surface area (Å²) in [7, 11) is 0. The predicted molar refractivity (Wildman–Crippen MR) is 156 cm³/mol. The first kappa shape index (κ1) is 27.7. The van der Waals surface area contributed by atoms with Gasteiger partial charge in [0.05, 0.1) is 12.3 Å². The second kappa shape index (κ2) is 14.0. The highest BCUT2D eigenvalue weighted by molar-refractivity contribution is 8.00. The standard InChI is InChI=1S/C32H38N2OS/c1-5-6-13-21-34(22-14-7-12-19-32(2,3)4)23-20-33-31(35)25-36-30-24-26-15-8-9-16-27(26)28-17-10-11-18-29(28)30/h8-11,15-18,24H,5-6,13,20-23,25H2,1-4H3,(H,33,35). The van der Waals surface area contributed by atoms with Crippen molar-refractivity contribution in [1.82, 2.24) is 10.2 Å². The number of unbranched alkanes of at least 4 members (excludes halogenated alkanes) is 2. The van der Waals surface area contributed by atoms with Crippen LogP contribution in [0.4, 0.5) is 0 Å². The van der Waals surface area contributed by atoms with Crippen LogP contribution in [0, 0.1) is 29.1 Å². The van der Waals surface area contributed by atoms with Gasteiger partial charge >= 0.3 is 0 Å². The number of rotatable bonds is 11. The second-order valence-corrected chi connectivity index (χ2v) is 11.1. The molecule has 36 heavy (non-hydrogen) atoms. The molecule has 0 atom stereocenters. The van der Waals surface area contributed by atoms with Gasteiger partial charge in [-0.15, -0.1) is 11.8 Å². The fourth-order valence-electron chi connectivity index (χ4n) is 3.96. The van der Waals surface area contributed by atoms with Crippen LogP contribution in [-0.2, 0) is 4.79 Å². The van der Waals surface area contributed by atoms with E-state index in [1.54, 1.807) is 11.8 Å². The van der Waals surface area contributed by atoms with Gasteiger partial charge in [-0.2, -0.15) is 0 Å². The number of thioether (sulfide) groups is 1. The molecule has 4 heteroatoms. The zero-order valence-corrected chi connectivity index (χ0v) is 22.9. The normalized spacial score (nSPS) is 11.1. The van der Waals surface area contributed by atoms with Crippen LogP contribution in [0.1, 0.15) is 47.0 Å². The minimum absolute atomic E-state index is 0.0308. The molecule has 3 aromatic rings. The number of carbonyl (C=O) groups excluding carboxylic acids is 1. The van der Waals surface area contributed by atoms with Crippen molar-refractivity contribution in [2.75, 3.05) is 31.9 Å². The van der Waals surface area contributed by atoms with Gasteiger partial charge in [-0.1, -0.05) is 80.1 Å². The Morgan fingerprint density at radius 1 is 0.944 bits per heavy atom. The van der Waals surface area contributed by atoms with Gasteiger partial charge in [0.1, 0.15) is 0 Å². The number of amides is 1. The summed E-state index contributed by atoms with van der Waals surface area (Å²) >= 11 is 1.61. The zero-order chi connectivity index (χ0) is 25.8. The molecular weight excluding hydrogens is 460 g/mol. The van der Waals surface area contributed by atoms with Crippen molar-refractivity contribution in [3.8, 4) is 23.7 Å². The minimum Gasteiger partial charge on any atom is -0.354 e. The lowest BCUT2D eigenvalue weighted by Crippen LogP contribution is -2.36. The molecular formula is C32H38N2OS. The van der Waals surface area contributed by atoms with E-state index in [1.807, 2.05) is 0 Å². The lowest BCUT2D eigenvalue weighted by atomic mass is 9.98. The van der Waals surface area contributed by atoms with E-state index in [1.165, 1.54) is 34.4 Å². The SMILES string of the molecule is CCCCCN(CC#CC#CC(C)(C)C)CCNC(=O)CSc1cc2ccccc2c2ccccc12. The molecule has 0 unspecified atom stereocenters. The molecule has 0 saturated carbocycles. The molecule has 0 saturated heterocycles. The minimum atomic E-state index is -0.0308. The molecule has 0 heterocycles. The maximum Gasteiger partial charge on any atom is 0.230 e. The maximum absolute atomic E-state index is 12.7. The lowest BCUT2D eigenvalue weighted by molar-refractivity contribution is -0.118. The Labute approximate surface area is 221 Å². The molecule has 0 aliphatic carbocycles. The summed E-state index contributed by atoms with van der Waals surface area (Å²) in [5.41, 5.74) is -0.0308. The molecule has 0 aromatic heterocycles. The Bertz CT molecular complexity index is 1280. The van der Waals surface area contributed by atoms with Crippen LogP contribution in [0.5, 0.6) is 0 Å². The molecule has 0 aliphatic heterocycles. The van der Waals surface area contributed by atoms with Crippen molar-refractivity contribution in [3.63, 3.8) is 0 Å². The second-order valence-electron chi connectivity index (χ2n) is 10.1. The van der Waals surface area contributed by atoms with E-state index in [2.05, 4.69) is 116 Å². The first-order chi connectivity index (χ1) is 17.4. The van der Waals surface area contributed by atoms with Crippen molar-refractivity contribution in [3.05, 3.63) is 54.6 Å². The smallest absolute Gasteiger partial charge is 0.230 e. The summed E-state index contributed by atoms with van der Waals surface area (Å²) in [6.07, 6.45) is 3.54. The summed E-state index contributed by atoms with van der Waals surface area (Å²) in [6, 6.07) is 19.1. The molecule has 3 nitrogen and oxygen atoms in total. The van der Waals surface area contributed by atoms with Crippen LogP contribution < -0.4 is 5.32 Å². The highest BCUT2D eigenvalue weighted by atomic mass is 32.2. The molecule has 0 aliphatic rings. The average Bonchev–Trinajstić information content (AvgIpc) is 2.86. The zero-order valence-electron chi connectivity index (χ0n) is 22.1. The molecule has 0 fully saturated rings. The average molecular weight is 499 g/mol. The summed E-state index contributed by atoms with van der Waals surface area (Å²) in [4.78, 5) is 16.1. The van der Waals surface area contributed by atoms with E-state index in [4.69, 9.17) is 0 Å². The molecule has 188 valence electrons. The number of carbonyl (C=O) groups is 1. The van der Waals surface area contributed by atoms with Gasteiger partial charge in [0.2, 0.25) is 5.91 Å². The number of nitrogens with zero attached hydrogens (tertiary/aromatic N) is 1. The van der Waals surface area contributed by atoms with Gasteiger partial charge in [-0.3, -0.25) is 9.69 Å². The number of nitrogens with one attached hydrogen (secondary N) is 1. The topological polar surface area (TPSA) is 32.3 Å². The summed E-state index contributed by atoms with van der Waals surface area (Å²) in [6.45, 7) is 11.5. The predicted octanol–water partition coefficient (Wildman–Crippen LogP) is 6.75. The largest absolute Gasteiger partial charge is 0.354 e. The molecule has 3 aromatic carbocycles. The summed E-state index contributed by atoms with van der Waals surface area (Å²) < 4.78 is 0. The molecule has 0 radical (unpaired) electrons. The Morgan fingerprint density at radius 3 is 2.42 bits per heavy atom. The fraction of sp³-hybridized carbons (Fsp3) is 0.406. The van der Waals surface area contributed by atoms with E-state index in [9.17, 15) is 4.79 Å². The van der Waals surface area contributed by atoms with Crippen molar-refractivity contribution in [1.29, 1.82) is 0 Å². The summed E-state index contributed by atoms with van der Waals surface area (Å²) in [5, 5.41) is 7.98. The van der Waals surface area contributed by atoms with Gasteiger partial charge < -0.3 is 5.32 Å². The van der Waals surface area contributed by atoms with E-state index in [0.29, 0.717) is 18.8 Å². The van der Waals surface area contributed by atoms with Crippen LogP contribution in [0.3, 0.4) is 0 Å². The van der Waals surface area contributed by atoms with Crippen molar-refractivity contribution < 1.29 is 4.79 Å². The van der Waals surface area contributed by atoms with Crippen LogP contribution >= 0.6 is 11.8 Å². The fourth-order valence-corrected chi connectivity index (χ4v) is 4.89. The quantitative estimate of drug-likeness (QED) is 0.137. The number of hydrogen-bond acceptors (Lipinski definition) is 3. The van der Waals surface area contributed by atoms with E-state index in [-0.39, 0.29) is 11.3 Å². The number of fused-ring (bicyclic) bond motifs is 3. The number of benzene rings is 3.